The minimum absolute atomic E-state index is 0.0751. The smallest absolute Gasteiger partial charge is 0.411 e. The second kappa shape index (κ2) is 4.65. The van der Waals surface area contributed by atoms with Crippen molar-refractivity contribution in [3.05, 3.63) is 0 Å². The fourth-order valence-corrected chi connectivity index (χ4v) is 2.28. The van der Waals surface area contributed by atoms with Crippen molar-refractivity contribution in [3.8, 4) is 0 Å². The van der Waals surface area contributed by atoms with E-state index in [0.29, 0.717) is 13.0 Å². The largest absolute Gasteiger partial charge is 0.444 e. The molecule has 0 aromatic carbocycles. The Morgan fingerprint density at radius 1 is 1.38 bits per heavy atom. The van der Waals surface area contributed by atoms with Crippen molar-refractivity contribution in [2.75, 3.05) is 6.54 Å². The Bertz CT molecular complexity index is 298. The molecule has 0 aromatic rings. The molecule has 1 saturated heterocycles. The van der Waals surface area contributed by atoms with E-state index in [-0.39, 0.29) is 17.1 Å². The number of thiol groups is 1. The first-order valence-electron chi connectivity index (χ1n) is 5.40. The molecule has 5 heteroatoms. The van der Waals surface area contributed by atoms with E-state index in [1.165, 1.54) is 11.8 Å². The van der Waals surface area contributed by atoms with Gasteiger partial charge in [-0.2, -0.15) is 12.6 Å². The van der Waals surface area contributed by atoms with Crippen molar-refractivity contribution in [1.29, 1.82) is 0 Å². The van der Waals surface area contributed by atoms with Crippen LogP contribution in [-0.4, -0.2) is 34.3 Å². The number of Topliss-reactive ketones (excluding diaryl/α,β-unsaturated/α-hetero) is 1. The van der Waals surface area contributed by atoms with Crippen LogP contribution in [0.25, 0.3) is 0 Å². The third-order valence-electron chi connectivity index (χ3n) is 2.51. The van der Waals surface area contributed by atoms with Crippen LogP contribution in [0.5, 0.6) is 0 Å². The maximum atomic E-state index is 11.8. The molecule has 0 N–H and O–H groups in total. The summed E-state index contributed by atoms with van der Waals surface area (Å²) in [6.45, 7) is 7.52. The van der Waals surface area contributed by atoms with E-state index < -0.39 is 11.7 Å². The normalized spacial score (nSPS) is 25.7. The van der Waals surface area contributed by atoms with Gasteiger partial charge in [0.1, 0.15) is 11.4 Å². The summed E-state index contributed by atoms with van der Waals surface area (Å²) < 4.78 is 5.25. The molecule has 0 radical (unpaired) electrons. The maximum absolute atomic E-state index is 11.8. The Hall–Kier alpha value is -0.710. The summed E-state index contributed by atoms with van der Waals surface area (Å²) in [6.07, 6.45) is 0.277. The molecule has 0 saturated carbocycles. The fourth-order valence-electron chi connectivity index (χ4n) is 1.71. The molecule has 2 atom stereocenters. The first-order valence-corrected chi connectivity index (χ1v) is 5.92. The predicted octanol–water partition coefficient (Wildman–Crippen LogP) is 2.09. The number of nitrogens with zero attached hydrogens (tertiary/aromatic N) is 1. The molecule has 16 heavy (non-hydrogen) atoms. The topological polar surface area (TPSA) is 46.6 Å². The lowest BCUT2D eigenvalue weighted by atomic mass is 10.1. The van der Waals surface area contributed by atoms with Crippen LogP contribution in [0.4, 0.5) is 4.79 Å². The Kier molecular flexibility index (Phi) is 3.88. The number of ether oxygens (including phenoxy) is 1. The number of ketones is 1. The molecule has 0 aliphatic carbocycles. The second-order valence-electron chi connectivity index (χ2n) is 5.09. The Morgan fingerprint density at radius 2 is 1.94 bits per heavy atom. The van der Waals surface area contributed by atoms with Gasteiger partial charge in [-0.1, -0.05) is 0 Å². The summed E-state index contributed by atoms with van der Waals surface area (Å²) in [5.41, 5.74) is -0.515. The molecule has 92 valence electrons. The number of hydrogen-bond donors (Lipinski definition) is 1. The van der Waals surface area contributed by atoms with Crippen molar-refractivity contribution in [2.24, 2.45) is 5.92 Å². The summed E-state index contributed by atoms with van der Waals surface area (Å²) in [7, 11) is 0. The molecule has 4 nitrogen and oxygen atoms in total. The van der Waals surface area contributed by atoms with E-state index in [1.54, 1.807) is 0 Å². The molecule has 1 aliphatic rings. The quantitative estimate of drug-likeness (QED) is 0.720. The van der Waals surface area contributed by atoms with E-state index in [0.717, 1.165) is 0 Å². The van der Waals surface area contributed by atoms with Crippen LogP contribution < -0.4 is 0 Å². The molecule has 1 fully saturated rings. The molecule has 1 amide bonds. The van der Waals surface area contributed by atoms with Gasteiger partial charge in [-0.05, 0) is 34.1 Å². The van der Waals surface area contributed by atoms with Crippen molar-refractivity contribution >= 4 is 24.5 Å². The van der Waals surface area contributed by atoms with Gasteiger partial charge in [0.25, 0.3) is 0 Å². The van der Waals surface area contributed by atoms with E-state index in [4.69, 9.17) is 4.74 Å². The van der Waals surface area contributed by atoms with Gasteiger partial charge in [0.15, 0.2) is 0 Å². The standard InChI is InChI=1S/C11H19NO3S/c1-7(13)8-5-6-12(9(8)16)10(14)15-11(2,3)4/h8-9,16H,5-6H2,1-4H3. The molecular formula is C11H19NO3S. The summed E-state index contributed by atoms with van der Waals surface area (Å²) in [4.78, 5) is 24.6. The molecule has 1 heterocycles. The fraction of sp³-hybridized carbons (Fsp3) is 0.818. The summed E-state index contributed by atoms with van der Waals surface area (Å²) in [5.74, 6) is -0.0955. The third kappa shape index (κ3) is 3.14. The highest BCUT2D eigenvalue weighted by Crippen LogP contribution is 2.29. The van der Waals surface area contributed by atoms with Gasteiger partial charge >= 0.3 is 6.09 Å². The van der Waals surface area contributed by atoms with Gasteiger partial charge in [0.05, 0.1) is 5.37 Å². The number of hydrogen-bond acceptors (Lipinski definition) is 4. The zero-order valence-electron chi connectivity index (χ0n) is 10.2. The average molecular weight is 245 g/mol. The minimum atomic E-state index is -0.515. The van der Waals surface area contributed by atoms with Gasteiger partial charge in [-0.25, -0.2) is 4.79 Å². The summed E-state index contributed by atoms with van der Waals surface area (Å²) in [6, 6.07) is 0. The predicted molar refractivity (Wildman–Crippen MR) is 64.5 cm³/mol. The van der Waals surface area contributed by atoms with Crippen LogP contribution >= 0.6 is 12.6 Å². The highest BCUT2D eigenvalue weighted by molar-refractivity contribution is 7.81. The zero-order chi connectivity index (χ0) is 12.5. The lowest BCUT2D eigenvalue weighted by Crippen LogP contribution is -2.39. The SMILES string of the molecule is CC(=O)C1CCN(C(=O)OC(C)(C)C)C1S. The van der Waals surface area contributed by atoms with Gasteiger partial charge in [-0.3, -0.25) is 9.69 Å². The molecule has 2 unspecified atom stereocenters. The average Bonchev–Trinajstić information content (AvgIpc) is 2.43. The van der Waals surface area contributed by atoms with Gasteiger partial charge in [-0.15, -0.1) is 0 Å². The molecular weight excluding hydrogens is 226 g/mol. The van der Waals surface area contributed by atoms with E-state index in [9.17, 15) is 9.59 Å². The Balaban J connectivity index is 2.63. The minimum Gasteiger partial charge on any atom is -0.444 e. The van der Waals surface area contributed by atoms with Crippen LogP contribution in [0.1, 0.15) is 34.1 Å². The lowest BCUT2D eigenvalue weighted by molar-refractivity contribution is -0.120. The van der Waals surface area contributed by atoms with Gasteiger partial charge in [0.2, 0.25) is 0 Å². The molecule has 1 aliphatic heterocycles. The van der Waals surface area contributed by atoms with E-state index >= 15 is 0 Å². The first kappa shape index (κ1) is 13.4. The van der Waals surface area contributed by atoms with Crippen LogP contribution in [0, 0.1) is 5.92 Å². The van der Waals surface area contributed by atoms with Crippen molar-refractivity contribution < 1.29 is 14.3 Å². The monoisotopic (exact) mass is 245 g/mol. The van der Waals surface area contributed by atoms with Crippen LogP contribution in [0.15, 0.2) is 0 Å². The number of amides is 1. The summed E-state index contributed by atoms with van der Waals surface area (Å²) in [5, 5.41) is -0.354. The van der Waals surface area contributed by atoms with Crippen LogP contribution in [0.3, 0.4) is 0 Å². The number of likely N-dealkylation sites (tertiary alicyclic amines) is 1. The third-order valence-corrected chi connectivity index (χ3v) is 3.15. The van der Waals surface area contributed by atoms with Crippen molar-refractivity contribution in [1.82, 2.24) is 4.90 Å². The zero-order valence-corrected chi connectivity index (χ0v) is 11.1. The van der Waals surface area contributed by atoms with E-state index in [1.807, 2.05) is 20.8 Å². The molecule has 0 aromatic heterocycles. The molecule has 0 spiro atoms. The van der Waals surface area contributed by atoms with Crippen molar-refractivity contribution in [2.45, 2.75) is 45.1 Å². The highest BCUT2D eigenvalue weighted by Gasteiger charge is 2.38. The van der Waals surface area contributed by atoms with Crippen LogP contribution in [0.2, 0.25) is 0 Å². The Morgan fingerprint density at radius 3 is 2.31 bits per heavy atom. The first-order chi connectivity index (χ1) is 7.22. The van der Waals surface area contributed by atoms with Gasteiger partial charge in [0, 0.05) is 12.5 Å². The number of rotatable bonds is 1. The van der Waals surface area contributed by atoms with Gasteiger partial charge < -0.3 is 4.74 Å². The van der Waals surface area contributed by atoms with E-state index in [2.05, 4.69) is 12.6 Å². The van der Waals surface area contributed by atoms with Crippen LogP contribution in [-0.2, 0) is 9.53 Å². The van der Waals surface area contributed by atoms with Crippen molar-refractivity contribution in [3.63, 3.8) is 0 Å². The second-order valence-corrected chi connectivity index (χ2v) is 5.62. The highest BCUT2D eigenvalue weighted by atomic mass is 32.1. The maximum Gasteiger partial charge on any atom is 0.411 e. The summed E-state index contributed by atoms with van der Waals surface area (Å²) >= 11 is 4.32. The lowest BCUT2D eigenvalue weighted by Gasteiger charge is -2.27. The molecule has 1 rings (SSSR count). The Labute approximate surface area is 102 Å². The molecule has 0 bridgehead atoms. The number of carbonyl (C=O) groups excluding carboxylic acids is 2. The number of carbonyl (C=O) groups is 2.